The zero-order chi connectivity index (χ0) is 52.6. The van der Waals surface area contributed by atoms with Gasteiger partial charge in [0.1, 0.15) is 5.82 Å². The molecule has 8 aromatic carbocycles. The third-order valence-electron chi connectivity index (χ3n) is 13.9. The fraction of sp³-hybridized carbons (Fsp3) is 0.194. The van der Waals surface area contributed by atoms with E-state index < -0.39 is 6.85 Å². The predicted octanol–water partition coefficient (Wildman–Crippen LogP) is 18.2. The topological polar surface area (TPSA) is 33.5 Å². The second kappa shape index (κ2) is 19.0. The molecule has 0 aliphatic carbocycles. The molecule has 0 unspecified atom stereocenters. The van der Waals surface area contributed by atoms with Gasteiger partial charge >= 0.3 is 0 Å². The Morgan fingerprint density at radius 3 is 1.73 bits per heavy atom. The van der Waals surface area contributed by atoms with Crippen LogP contribution in [0.25, 0.3) is 61.0 Å². The molecule has 0 N–H and O–H groups in total. The number of benzene rings is 8. The number of hydrogen-bond donors (Lipinski definition) is 0. The van der Waals surface area contributed by atoms with Gasteiger partial charge in [-0.05, 0) is 86.1 Å². The number of rotatable bonds is 8. The van der Waals surface area contributed by atoms with Crippen molar-refractivity contribution in [1.29, 1.82) is 0 Å². The van der Waals surface area contributed by atoms with Crippen molar-refractivity contribution in [3.8, 4) is 50.7 Å². The van der Waals surface area contributed by atoms with Gasteiger partial charge < -0.3 is 19.1 Å². The van der Waals surface area contributed by atoms with Gasteiger partial charge in [0.05, 0.1) is 0 Å². The smallest absolute Gasteiger partial charge is 0.135 e. The Kier molecular flexibility index (Phi) is 11.9. The molecule has 0 spiro atoms. The Hall–Kier alpha value is -7.20. The average molecular weight is 1140 g/mol. The van der Waals surface area contributed by atoms with Gasteiger partial charge in [0.25, 0.3) is 0 Å². The van der Waals surface area contributed by atoms with Crippen LogP contribution in [0.5, 0.6) is 11.5 Å². The number of aryl methyl sites for hydroxylation is 1. The third-order valence-corrected chi connectivity index (χ3v) is 13.9. The van der Waals surface area contributed by atoms with Crippen LogP contribution in [0.15, 0.2) is 182 Å². The van der Waals surface area contributed by atoms with E-state index in [1.54, 1.807) is 12.3 Å². The van der Waals surface area contributed by atoms with Gasteiger partial charge in [-0.3, -0.25) is 0 Å². The van der Waals surface area contributed by atoms with Crippen molar-refractivity contribution < 1.29 is 29.9 Å². The monoisotopic (exact) mass is 1140 g/mol. The maximum absolute atomic E-state index is 8.67. The first-order valence-electron chi connectivity index (χ1n) is 26.4. The Bertz CT molecular complexity index is 3770. The molecule has 0 radical (unpaired) electrons. The van der Waals surface area contributed by atoms with Crippen molar-refractivity contribution in [3.05, 3.63) is 223 Å². The maximum Gasteiger partial charge on any atom is 0.135 e. The van der Waals surface area contributed by atoms with Gasteiger partial charge in [-0.25, -0.2) is 4.98 Å². The average Bonchev–Trinajstić information content (AvgIpc) is 3.96. The number of pyridine rings is 1. The molecule has 0 saturated heterocycles. The fourth-order valence-electron chi connectivity index (χ4n) is 9.89. The summed E-state index contributed by atoms with van der Waals surface area (Å²) in [6.07, 6.45) is 1.68. The van der Waals surface area contributed by atoms with Crippen LogP contribution in [-0.4, -0.2) is 9.55 Å². The van der Waals surface area contributed by atoms with Gasteiger partial charge in [0.15, 0.2) is 0 Å². The van der Waals surface area contributed by atoms with Crippen molar-refractivity contribution >= 4 is 44.6 Å². The van der Waals surface area contributed by atoms with Crippen LogP contribution in [0.2, 0.25) is 0 Å². The van der Waals surface area contributed by atoms with Crippen LogP contribution >= 0.6 is 0 Å². The number of fused-ring (bicyclic) bond motifs is 4. The molecule has 368 valence electrons. The Labute approximate surface area is 450 Å². The minimum absolute atomic E-state index is 0. The van der Waals surface area contributed by atoms with Gasteiger partial charge in [-0.2, -0.15) is 6.07 Å². The van der Waals surface area contributed by atoms with E-state index in [0.717, 1.165) is 77.9 Å². The molecule has 10 aromatic rings. The molecule has 6 heteroatoms. The molecule has 0 atom stereocenters. The summed E-state index contributed by atoms with van der Waals surface area (Å²) in [6.45, 7) is 19.8. The number of hydrogen-bond acceptors (Lipinski definition) is 4. The largest absolute Gasteiger partial charge is 0.509 e. The zero-order valence-corrected chi connectivity index (χ0v) is 45.2. The molecule has 1 aliphatic heterocycles. The number of para-hydroxylation sites is 3. The molecule has 73 heavy (non-hydrogen) atoms. The van der Waals surface area contributed by atoms with Gasteiger partial charge in [-0.1, -0.05) is 195 Å². The molecule has 3 heterocycles. The fourth-order valence-corrected chi connectivity index (χ4v) is 9.89. The molecule has 0 fully saturated rings. The first-order valence-corrected chi connectivity index (χ1v) is 24.9. The number of aromatic nitrogens is 2. The second-order valence-corrected chi connectivity index (χ2v) is 22.1. The minimum atomic E-state index is -2.40. The van der Waals surface area contributed by atoms with E-state index in [9.17, 15) is 0 Å². The Morgan fingerprint density at radius 2 is 1.10 bits per heavy atom. The second-order valence-electron chi connectivity index (χ2n) is 22.1. The minimum Gasteiger partial charge on any atom is -0.509 e. The molecule has 2 aromatic heterocycles. The summed E-state index contributed by atoms with van der Waals surface area (Å²) in [5.74, 6) is 1.50. The summed E-state index contributed by atoms with van der Waals surface area (Å²) in [6, 6.07) is 68.2. The van der Waals surface area contributed by atoms with Crippen molar-refractivity contribution in [2.45, 2.75) is 85.4 Å². The first-order chi connectivity index (χ1) is 35.7. The van der Waals surface area contributed by atoms with Crippen LogP contribution in [0, 0.1) is 25.7 Å². The van der Waals surface area contributed by atoms with E-state index >= 15 is 0 Å². The molecule has 11 rings (SSSR count). The molecule has 0 saturated carbocycles. The van der Waals surface area contributed by atoms with Crippen LogP contribution in [0.3, 0.4) is 0 Å². The summed E-state index contributed by atoms with van der Waals surface area (Å²) >= 11 is 0. The third kappa shape index (κ3) is 9.41. The zero-order valence-electron chi connectivity index (χ0n) is 45.9. The van der Waals surface area contributed by atoms with E-state index in [1.165, 1.54) is 11.1 Å². The van der Waals surface area contributed by atoms with E-state index in [-0.39, 0.29) is 42.9 Å². The molecule has 0 amide bonds. The first kappa shape index (κ1) is 45.6. The van der Waals surface area contributed by atoms with E-state index in [1.807, 2.05) is 41.0 Å². The summed E-state index contributed by atoms with van der Waals surface area (Å²) in [5.41, 5.74) is 14.8. The summed E-state index contributed by atoms with van der Waals surface area (Å²) in [4.78, 5) is 9.53. The predicted molar refractivity (Wildman–Crippen MR) is 301 cm³/mol. The Morgan fingerprint density at radius 1 is 0.507 bits per heavy atom. The SMILES string of the molecule is [2H]C([2H])([2H])c1cc(-n2c3[c-]c(Oc4[c-]c(N5[CH-]N(c6c(-c7ccccc7)cccc6-c6ccc(C(C)(C)C)cc6)c6ccccc65)cc(C(C)(C)C)c4)ccc3c3cc(C(C)(C)C)ccc32)ncc1-c1ccccc1.[Pt]. The number of nitrogens with zero attached hydrogens (tertiary/aromatic N) is 4. The van der Waals surface area contributed by atoms with Crippen molar-refractivity contribution in [1.82, 2.24) is 9.55 Å². The number of ether oxygens (including phenoxy) is 1. The molecular formula is C67H61N4OPt-3. The maximum atomic E-state index is 8.67. The van der Waals surface area contributed by atoms with Crippen LogP contribution in [0.1, 0.15) is 88.7 Å². The van der Waals surface area contributed by atoms with E-state index in [4.69, 9.17) is 13.8 Å². The number of anilines is 4. The Balaban J connectivity index is 0.00000657. The van der Waals surface area contributed by atoms with Crippen LogP contribution < -0.4 is 14.5 Å². The van der Waals surface area contributed by atoms with E-state index in [0.29, 0.717) is 22.9 Å². The van der Waals surface area contributed by atoms with Crippen LogP contribution in [0.4, 0.5) is 22.7 Å². The van der Waals surface area contributed by atoms with E-state index in [2.05, 4.69) is 224 Å². The molecule has 0 bridgehead atoms. The van der Waals surface area contributed by atoms with Crippen molar-refractivity contribution in [2.75, 3.05) is 9.80 Å². The molecule has 5 nitrogen and oxygen atoms in total. The van der Waals surface area contributed by atoms with Gasteiger partial charge in [-0.15, -0.1) is 53.6 Å². The van der Waals surface area contributed by atoms with Gasteiger partial charge in [0, 0.05) is 82.1 Å². The molecular weight excluding hydrogens is 1070 g/mol. The normalized spacial score (nSPS) is 13.6. The standard InChI is InChI=1S/C67H61N4O.Pt/c1-44-36-63(68-42-58(44)46-22-15-12-16-23-46)71-59-35-32-49(66(5,6)7)39-57(59)56-34-33-52(41-62(56)71)72-53-38-50(67(8,9)10)37-51(40-53)69-43-70(61-27-18-17-26-60(61)69)64-54(45-20-13-11-14-21-45)24-19-25-55(64)47-28-30-48(31-29-47)65(2,3)4;/h11-39,42-43H,1-10H3;/q-3;/i1D3;. The summed E-state index contributed by atoms with van der Waals surface area (Å²) in [5, 5.41) is 1.96. The summed E-state index contributed by atoms with van der Waals surface area (Å²) < 4.78 is 35.0. The van der Waals surface area contributed by atoms with Crippen LogP contribution in [-0.2, 0) is 37.3 Å². The van der Waals surface area contributed by atoms with Crippen molar-refractivity contribution in [2.24, 2.45) is 0 Å². The van der Waals surface area contributed by atoms with Crippen molar-refractivity contribution in [3.63, 3.8) is 0 Å². The molecule has 1 aliphatic rings. The van der Waals surface area contributed by atoms with Gasteiger partial charge in [0.2, 0.25) is 0 Å². The summed E-state index contributed by atoms with van der Waals surface area (Å²) in [7, 11) is 0. The quantitative estimate of drug-likeness (QED) is 0.142.